The van der Waals surface area contributed by atoms with E-state index in [1.165, 1.54) is 0 Å². The molecule has 0 saturated carbocycles. The van der Waals surface area contributed by atoms with Gasteiger partial charge in [0.25, 0.3) is 0 Å². The molecule has 1 aromatic rings. The van der Waals surface area contributed by atoms with Crippen LogP contribution in [0, 0.1) is 5.92 Å². The van der Waals surface area contributed by atoms with Gasteiger partial charge >= 0.3 is 0 Å². The third-order valence-corrected chi connectivity index (χ3v) is 2.98. The normalized spacial score (nSPS) is 12.9. The summed E-state index contributed by atoms with van der Waals surface area (Å²) in [5, 5.41) is 0.663. The van der Waals surface area contributed by atoms with Gasteiger partial charge in [-0.3, -0.25) is 0 Å². The van der Waals surface area contributed by atoms with Crippen LogP contribution in [-0.4, -0.2) is 24.6 Å². The van der Waals surface area contributed by atoms with E-state index in [4.69, 9.17) is 17.3 Å². The highest BCUT2D eigenvalue weighted by Crippen LogP contribution is 2.14. The van der Waals surface area contributed by atoms with Crippen molar-refractivity contribution in [1.29, 1.82) is 0 Å². The highest BCUT2D eigenvalue weighted by Gasteiger charge is 2.09. The fourth-order valence-electron chi connectivity index (χ4n) is 1.38. The summed E-state index contributed by atoms with van der Waals surface area (Å²) in [4.78, 5) is 6.35. The second kappa shape index (κ2) is 6.06. The minimum atomic E-state index is 0.245. The van der Waals surface area contributed by atoms with Crippen LogP contribution in [0.2, 0.25) is 5.02 Å². The third-order valence-electron chi connectivity index (χ3n) is 2.76. The van der Waals surface area contributed by atoms with Crippen molar-refractivity contribution in [1.82, 2.24) is 4.98 Å². The van der Waals surface area contributed by atoms with Crippen LogP contribution in [0.15, 0.2) is 18.3 Å². The zero-order chi connectivity index (χ0) is 12.1. The summed E-state index contributed by atoms with van der Waals surface area (Å²) in [5.74, 6) is 1.45. The molecule has 4 heteroatoms. The molecule has 16 heavy (non-hydrogen) atoms. The highest BCUT2D eigenvalue weighted by atomic mass is 35.5. The van der Waals surface area contributed by atoms with Gasteiger partial charge in [0.1, 0.15) is 5.82 Å². The van der Waals surface area contributed by atoms with E-state index in [0.29, 0.717) is 10.9 Å². The van der Waals surface area contributed by atoms with Crippen LogP contribution in [0.1, 0.15) is 20.3 Å². The maximum Gasteiger partial charge on any atom is 0.128 e. The number of halogens is 1. The molecular formula is C12H20ClN3. The van der Waals surface area contributed by atoms with Gasteiger partial charge in [0.15, 0.2) is 0 Å². The van der Waals surface area contributed by atoms with Gasteiger partial charge in [-0.15, -0.1) is 0 Å². The Labute approximate surface area is 103 Å². The summed E-state index contributed by atoms with van der Waals surface area (Å²) in [5.41, 5.74) is 6.00. The molecule has 0 aromatic carbocycles. The molecule has 90 valence electrons. The Bertz CT molecular complexity index is 311. The van der Waals surface area contributed by atoms with Crippen LogP contribution < -0.4 is 10.6 Å². The number of hydrogen-bond donors (Lipinski definition) is 1. The minimum absolute atomic E-state index is 0.245. The summed E-state index contributed by atoms with van der Waals surface area (Å²) in [6, 6.07) is 4.01. The molecule has 0 bridgehead atoms. The lowest BCUT2D eigenvalue weighted by Crippen LogP contribution is -2.32. The second-order valence-electron chi connectivity index (χ2n) is 4.45. The average Bonchev–Trinajstić information content (AvgIpc) is 2.26. The molecule has 1 aromatic heterocycles. The molecule has 0 fully saturated rings. The molecule has 1 atom stereocenters. The summed E-state index contributed by atoms with van der Waals surface area (Å²) >= 11 is 5.78. The second-order valence-corrected chi connectivity index (χ2v) is 4.89. The number of nitrogens with zero attached hydrogens (tertiary/aromatic N) is 2. The number of rotatable bonds is 5. The zero-order valence-electron chi connectivity index (χ0n) is 10.2. The molecule has 2 N–H and O–H groups in total. The molecule has 0 spiro atoms. The Morgan fingerprint density at radius 2 is 2.12 bits per heavy atom. The van der Waals surface area contributed by atoms with E-state index >= 15 is 0 Å². The van der Waals surface area contributed by atoms with Crippen molar-refractivity contribution < 1.29 is 0 Å². The van der Waals surface area contributed by atoms with Crippen molar-refractivity contribution >= 4 is 17.4 Å². The molecule has 0 aliphatic rings. The smallest absolute Gasteiger partial charge is 0.128 e. The fraction of sp³-hybridized carbons (Fsp3) is 0.583. The molecule has 0 saturated heterocycles. The Balaban J connectivity index is 2.46. The topological polar surface area (TPSA) is 42.1 Å². The average molecular weight is 242 g/mol. The van der Waals surface area contributed by atoms with Crippen molar-refractivity contribution in [2.75, 3.05) is 18.5 Å². The van der Waals surface area contributed by atoms with Gasteiger partial charge in [-0.1, -0.05) is 25.4 Å². The number of anilines is 1. The van der Waals surface area contributed by atoms with Crippen LogP contribution >= 0.6 is 11.6 Å². The predicted molar refractivity (Wildman–Crippen MR) is 69.9 cm³/mol. The van der Waals surface area contributed by atoms with E-state index in [1.54, 1.807) is 6.20 Å². The van der Waals surface area contributed by atoms with E-state index in [1.807, 2.05) is 19.2 Å². The Morgan fingerprint density at radius 3 is 2.62 bits per heavy atom. The fourth-order valence-corrected chi connectivity index (χ4v) is 1.50. The van der Waals surface area contributed by atoms with E-state index in [9.17, 15) is 0 Å². The lowest BCUT2D eigenvalue weighted by atomic mass is 10.0. The highest BCUT2D eigenvalue weighted by molar-refractivity contribution is 6.30. The Kier molecular flexibility index (Phi) is 5.03. The quantitative estimate of drug-likeness (QED) is 0.862. The van der Waals surface area contributed by atoms with Crippen molar-refractivity contribution in [2.24, 2.45) is 11.7 Å². The molecule has 1 unspecified atom stereocenters. The predicted octanol–water partition coefficient (Wildman–Crippen LogP) is 2.54. The van der Waals surface area contributed by atoms with Gasteiger partial charge in [-0.25, -0.2) is 4.98 Å². The lowest BCUT2D eigenvalue weighted by molar-refractivity contribution is 0.466. The van der Waals surface area contributed by atoms with Crippen molar-refractivity contribution in [3.63, 3.8) is 0 Å². The molecule has 1 heterocycles. The molecule has 0 aliphatic carbocycles. The van der Waals surface area contributed by atoms with Crippen LogP contribution in [-0.2, 0) is 0 Å². The van der Waals surface area contributed by atoms with Crippen LogP contribution in [0.25, 0.3) is 0 Å². The van der Waals surface area contributed by atoms with Gasteiger partial charge in [0.2, 0.25) is 0 Å². The third kappa shape index (κ3) is 3.99. The SMILES string of the molecule is CC(C)C(N)CCN(C)c1ccc(Cl)cn1. The van der Waals surface area contributed by atoms with Gasteiger partial charge in [-0.2, -0.15) is 0 Å². The summed E-state index contributed by atoms with van der Waals surface area (Å²) < 4.78 is 0. The number of pyridine rings is 1. The molecular weight excluding hydrogens is 222 g/mol. The number of hydrogen-bond acceptors (Lipinski definition) is 3. The summed E-state index contributed by atoms with van der Waals surface area (Å²) in [7, 11) is 2.02. The Hall–Kier alpha value is -0.800. The van der Waals surface area contributed by atoms with Gasteiger partial charge < -0.3 is 10.6 Å². The van der Waals surface area contributed by atoms with Crippen LogP contribution in [0.4, 0.5) is 5.82 Å². The molecule has 0 amide bonds. The van der Waals surface area contributed by atoms with Crippen LogP contribution in [0.3, 0.4) is 0 Å². The monoisotopic (exact) mass is 241 g/mol. The van der Waals surface area contributed by atoms with Crippen molar-refractivity contribution in [2.45, 2.75) is 26.3 Å². The van der Waals surface area contributed by atoms with Gasteiger partial charge in [-0.05, 0) is 24.5 Å². The summed E-state index contributed by atoms with van der Waals surface area (Å²) in [6.45, 7) is 5.20. The molecule has 0 radical (unpaired) electrons. The van der Waals surface area contributed by atoms with Crippen molar-refractivity contribution in [3.8, 4) is 0 Å². The molecule has 3 nitrogen and oxygen atoms in total. The van der Waals surface area contributed by atoms with Gasteiger partial charge in [0.05, 0.1) is 5.02 Å². The van der Waals surface area contributed by atoms with E-state index in [-0.39, 0.29) is 6.04 Å². The first kappa shape index (κ1) is 13.3. The minimum Gasteiger partial charge on any atom is -0.360 e. The van der Waals surface area contributed by atoms with Crippen molar-refractivity contribution in [3.05, 3.63) is 23.4 Å². The van der Waals surface area contributed by atoms with Crippen LogP contribution in [0.5, 0.6) is 0 Å². The van der Waals surface area contributed by atoms with E-state index in [2.05, 4.69) is 23.7 Å². The molecule has 1 rings (SSSR count). The first-order chi connectivity index (χ1) is 7.50. The number of nitrogens with two attached hydrogens (primary N) is 1. The van der Waals surface area contributed by atoms with E-state index in [0.717, 1.165) is 18.8 Å². The van der Waals surface area contributed by atoms with Gasteiger partial charge in [0, 0.05) is 25.8 Å². The summed E-state index contributed by atoms with van der Waals surface area (Å²) in [6.07, 6.45) is 2.63. The zero-order valence-corrected chi connectivity index (χ0v) is 10.9. The first-order valence-corrected chi connectivity index (χ1v) is 5.96. The maximum absolute atomic E-state index is 6.00. The maximum atomic E-state index is 6.00. The lowest BCUT2D eigenvalue weighted by Gasteiger charge is -2.22. The standard InChI is InChI=1S/C12H20ClN3/c1-9(2)11(14)6-7-16(3)12-5-4-10(13)8-15-12/h4-5,8-9,11H,6-7,14H2,1-3H3. The largest absolute Gasteiger partial charge is 0.360 e. The number of aromatic nitrogens is 1. The Morgan fingerprint density at radius 1 is 1.44 bits per heavy atom. The molecule has 0 aliphatic heterocycles. The van der Waals surface area contributed by atoms with E-state index < -0.39 is 0 Å². The first-order valence-electron chi connectivity index (χ1n) is 5.59.